The highest BCUT2D eigenvalue weighted by molar-refractivity contribution is 7.13. The molecule has 0 spiro atoms. The van der Waals surface area contributed by atoms with Gasteiger partial charge in [-0.1, -0.05) is 24.3 Å². The highest BCUT2D eigenvalue weighted by atomic mass is 32.1. The van der Waals surface area contributed by atoms with Crippen LogP contribution < -0.4 is 0 Å². The van der Waals surface area contributed by atoms with Gasteiger partial charge in [0.25, 0.3) is 5.91 Å². The van der Waals surface area contributed by atoms with Crippen molar-refractivity contribution in [2.75, 3.05) is 7.05 Å². The number of benzene rings is 1. The Morgan fingerprint density at radius 1 is 1.24 bits per heavy atom. The molecule has 4 rings (SSSR count). The van der Waals surface area contributed by atoms with Gasteiger partial charge in [-0.25, -0.2) is 0 Å². The van der Waals surface area contributed by atoms with Crippen LogP contribution in [0, 0.1) is 0 Å². The maximum absolute atomic E-state index is 12.8. The molecule has 25 heavy (non-hydrogen) atoms. The monoisotopic (exact) mass is 351 g/mol. The fraction of sp³-hybridized carbons (Fsp3) is 0.158. The van der Waals surface area contributed by atoms with Crippen LogP contribution in [0.25, 0.3) is 21.5 Å². The number of nitrogens with zero attached hydrogens (tertiary/aromatic N) is 2. The second-order valence-electron chi connectivity index (χ2n) is 5.92. The van der Waals surface area contributed by atoms with Crippen molar-refractivity contribution in [2.45, 2.75) is 13.0 Å². The van der Waals surface area contributed by atoms with E-state index < -0.39 is 0 Å². The number of para-hydroxylation sites is 1. The summed E-state index contributed by atoms with van der Waals surface area (Å²) in [6.45, 7) is 1.95. The van der Waals surface area contributed by atoms with Crippen molar-refractivity contribution < 1.29 is 9.21 Å². The first-order chi connectivity index (χ1) is 12.1. The van der Waals surface area contributed by atoms with Gasteiger partial charge in [-0.2, -0.15) is 5.10 Å². The van der Waals surface area contributed by atoms with Crippen LogP contribution in [0.3, 0.4) is 0 Å². The molecule has 0 saturated carbocycles. The van der Waals surface area contributed by atoms with Crippen molar-refractivity contribution in [3.63, 3.8) is 0 Å². The third kappa shape index (κ3) is 2.85. The second kappa shape index (κ2) is 6.22. The van der Waals surface area contributed by atoms with Crippen LogP contribution in [-0.4, -0.2) is 28.1 Å². The molecule has 0 bridgehead atoms. The predicted molar refractivity (Wildman–Crippen MR) is 98.6 cm³/mol. The van der Waals surface area contributed by atoms with E-state index in [1.165, 1.54) is 0 Å². The summed E-state index contributed by atoms with van der Waals surface area (Å²) in [6.07, 6.45) is 0. The smallest absolute Gasteiger partial charge is 0.274 e. The largest absolute Gasteiger partial charge is 0.459 e. The van der Waals surface area contributed by atoms with E-state index in [0.717, 1.165) is 27.3 Å². The first-order valence-electron chi connectivity index (χ1n) is 7.98. The van der Waals surface area contributed by atoms with Gasteiger partial charge in [0.15, 0.2) is 5.69 Å². The van der Waals surface area contributed by atoms with Gasteiger partial charge in [-0.3, -0.25) is 9.89 Å². The third-order valence-corrected chi connectivity index (χ3v) is 5.24. The summed E-state index contributed by atoms with van der Waals surface area (Å²) in [5.74, 6) is 0.609. The van der Waals surface area contributed by atoms with Crippen LogP contribution in [0.2, 0.25) is 0 Å². The SMILES string of the molecule is CC(c1cc2ccccc2o1)N(C)C(=O)c1cc(-c2cccs2)[nH]n1. The maximum atomic E-state index is 12.8. The lowest BCUT2D eigenvalue weighted by molar-refractivity contribution is 0.0721. The minimum absolute atomic E-state index is 0.146. The van der Waals surface area contributed by atoms with Crippen molar-refractivity contribution in [3.8, 4) is 10.6 Å². The number of hydrogen-bond donors (Lipinski definition) is 1. The van der Waals surface area contributed by atoms with Gasteiger partial charge < -0.3 is 9.32 Å². The molecule has 0 saturated heterocycles. The lowest BCUT2D eigenvalue weighted by Gasteiger charge is -2.22. The summed E-state index contributed by atoms with van der Waals surface area (Å²) in [5, 5.41) is 10.1. The fourth-order valence-corrected chi connectivity index (χ4v) is 3.44. The molecule has 0 radical (unpaired) electrons. The van der Waals surface area contributed by atoms with Crippen molar-refractivity contribution in [2.24, 2.45) is 0 Å². The number of thiophene rings is 1. The van der Waals surface area contributed by atoms with E-state index in [1.54, 1.807) is 29.4 Å². The summed E-state index contributed by atoms with van der Waals surface area (Å²) < 4.78 is 5.88. The minimum Gasteiger partial charge on any atom is -0.459 e. The second-order valence-corrected chi connectivity index (χ2v) is 6.87. The zero-order valence-corrected chi connectivity index (χ0v) is 14.7. The number of carbonyl (C=O) groups excluding carboxylic acids is 1. The summed E-state index contributed by atoms with van der Waals surface area (Å²) in [5.41, 5.74) is 2.07. The summed E-state index contributed by atoms with van der Waals surface area (Å²) in [4.78, 5) is 15.5. The van der Waals surface area contributed by atoms with Crippen molar-refractivity contribution in [3.05, 3.63) is 65.4 Å². The molecule has 1 N–H and O–H groups in total. The zero-order chi connectivity index (χ0) is 17.4. The third-order valence-electron chi connectivity index (χ3n) is 4.34. The van der Waals surface area contributed by atoms with E-state index in [0.29, 0.717) is 5.69 Å². The van der Waals surface area contributed by atoms with Crippen molar-refractivity contribution >= 4 is 28.2 Å². The van der Waals surface area contributed by atoms with Gasteiger partial charge >= 0.3 is 0 Å². The lowest BCUT2D eigenvalue weighted by atomic mass is 10.2. The highest BCUT2D eigenvalue weighted by Crippen LogP contribution is 2.28. The molecular formula is C19H17N3O2S. The molecule has 1 amide bonds. The Labute approximate surface area is 148 Å². The number of carbonyl (C=O) groups is 1. The van der Waals surface area contributed by atoms with Crippen LogP contribution in [0.1, 0.15) is 29.2 Å². The Morgan fingerprint density at radius 3 is 2.84 bits per heavy atom. The summed E-state index contributed by atoms with van der Waals surface area (Å²) in [6, 6.07) is 15.4. The molecule has 4 aromatic rings. The molecule has 3 heterocycles. The standard InChI is InChI=1S/C19H17N3O2S/c1-12(17-10-13-6-3-4-7-16(13)24-17)22(2)19(23)15-11-14(20-21-15)18-8-5-9-25-18/h3-12H,1-2H3,(H,20,21). The number of fused-ring (bicyclic) bond motifs is 1. The number of furan rings is 1. The average Bonchev–Trinajstić information content (AvgIpc) is 3.38. The number of aromatic amines is 1. The van der Waals surface area contributed by atoms with E-state index in [2.05, 4.69) is 10.2 Å². The van der Waals surface area contributed by atoms with Gasteiger partial charge in [-0.05, 0) is 36.6 Å². The van der Waals surface area contributed by atoms with Crippen LogP contribution in [0.4, 0.5) is 0 Å². The van der Waals surface area contributed by atoms with Gasteiger partial charge in [0, 0.05) is 12.4 Å². The number of rotatable bonds is 4. The molecule has 1 unspecified atom stereocenters. The number of aromatic nitrogens is 2. The molecule has 0 fully saturated rings. The Bertz CT molecular complexity index is 983. The maximum Gasteiger partial charge on any atom is 0.274 e. The molecule has 0 aliphatic carbocycles. The molecule has 0 aliphatic rings. The summed E-state index contributed by atoms with van der Waals surface area (Å²) >= 11 is 1.60. The van der Waals surface area contributed by atoms with E-state index >= 15 is 0 Å². The first-order valence-corrected chi connectivity index (χ1v) is 8.86. The number of hydrogen-bond acceptors (Lipinski definition) is 4. The predicted octanol–water partition coefficient (Wildman–Crippen LogP) is 4.72. The van der Waals surface area contributed by atoms with Gasteiger partial charge in [0.1, 0.15) is 11.3 Å². The number of amides is 1. The van der Waals surface area contributed by atoms with Crippen LogP contribution in [0.15, 0.2) is 58.3 Å². The van der Waals surface area contributed by atoms with Gasteiger partial charge in [0.2, 0.25) is 0 Å². The topological polar surface area (TPSA) is 62.1 Å². The van der Waals surface area contributed by atoms with E-state index in [4.69, 9.17) is 4.42 Å². The van der Waals surface area contributed by atoms with Crippen LogP contribution in [0.5, 0.6) is 0 Å². The first kappa shape index (κ1) is 15.7. The van der Waals surface area contributed by atoms with E-state index in [9.17, 15) is 4.79 Å². The lowest BCUT2D eigenvalue weighted by Crippen LogP contribution is -2.29. The van der Waals surface area contributed by atoms with E-state index in [-0.39, 0.29) is 11.9 Å². The van der Waals surface area contributed by atoms with Crippen molar-refractivity contribution in [1.29, 1.82) is 0 Å². The minimum atomic E-state index is -0.193. The fourth-order valence-electron chi connectivity index (χ4n) is 2.75. The Morgan fingerprint density at radius 2 is 2.08 bits per heavy atom. The van der Waals surface area contributed by atoms with E-state index in [1.807, 2.05) is 54.8 Å². The quantitative estimate of drug-likeness (QED) is 0.579. The van der Waals surface area contributed by atoms with Gasteiger partial charge in [0.05, 0.1) is 16.6 Å². The molecule has 126 valence electrons. The number of nitrogens with one attached hydrogen (secondary N) is 1. The Hall–Kier alpha value is -2.86. The zero-order valence-electron chi connectivity index (χ0n) is 13.9. The Kier molecular flexibility index (Phi) is 3.89. The van der Waals surface area contributed by atoms with Crippen LogP contribution >= 0.6 is 11.3 Å². The summed E-state index contributed by atoms with van der Waals surface area (Å²) in [7, 11) is 1.76. The van der Waals surface area contributed by atoms with Gasteiger partial charge in [-0.15, -0.1) is 11.3 Å². The number of H-pyrrole nitrogens is 1. The molecule has 6 heteroatoms. The molecular weight excluding hydrogens is 334 g/mol. The molecule has 5 nitrogen and oxygen atoms in total. The molecule has 0 aliphatic heterocycles. The highest BCUT2D eigenvalue weighted by Gasteiger charge is 2.24. The average molecular weight is 351 g/mol. The van der Waals surface area contributed by atoms with Crippen LogP contribution in [-0.2, 0) is 0 Å². The molecule has 1 atom stereocenters. The molecule has 1 aromatic carbocycles. The molecule has 3 aromatic heterocycles. The van der Waals surface area contributed by atoms with Crippen molar-refractivity contribution in [1.82, 2.24) is 15.1 Å². The normalized spacial score (nSPS) is 12.4. The Balaban J connectivity index is 1.57.